The SMILES string of the molecule is CC(C)(C)OC(=O)NCCCCNC(=O)[C@H](Cc1ccc(OC(=O)OCc2ccc(Br)cc2)cc1)NC(=O)OCC1c2ccccc2-c2ccccc21. The molecule has 11 nitrogen and oxygen atoms in total. The van der Waals surface area contributed by atoms with E-state index in [-0.39, 0.29) is 31.3 Å². The molecule has 278 valence electrons. The van der Waals surface area contributed by atoms with Crippen molar-refractivity contribution in [2.45, 2.75) is 64.2 Å². The van der Waals surface area contributed by atoms with E-state index < -0.39 is 35.9 Å². The van der Waals surface area contributed by atoms with Crippen LogP contribution in [0.4, 0.5) is 14.4 Å². The molecule has 4 aromatic carbocycles. The van der Waals surface area contributed by atoms with Gasteiger partial charge in [0.15, 0.2) is 0 Å². The van der Waals surface area contributed by atoms with Crippen LogP contribution >= 0.6 is 15.9 Å². The van der Waals surface area contributed by atoms with Gasteiger partial charge >= 0.3 is 18.3 Å². The van der Waals surface area contributed by atoms with E-state index in [0.29, 0.717) is 31.5 Å². The average molecular weight is 787 g/mol. The first-order valence-corrected chi connectivity index (χ1v) is 18.3. The molecule has 0 spiro atoms. The molecule has 1 atom stereocenters. The first-order chi connectivity index (χ1) is 25.4. The largest absolute Gasteiger partial charge is 0.514 e. The third-order valence-corrected chi connectivity index (χ3v) is 8.89. The van der Waals surface area contributed by atoms with Crippen molar-refractivity contribution >= 4 is 40.2 Å². The summed E-state index contributed by atoms with van der Waals surface area (Å²) < 4.78 is 22.4. The fraction of sp³-hybridized carbons (Fsp3) is 0.317. The lowest BCUT2D eigenvalue weighted by molar-refractivity contribution is -0.123. The number of carbonyl (C=O) groups excluding carboxylic acids is 4. The molecule has 0 bridgehead atoms. The van der Waals surface area contributed by atoms with Gasteiger partial charge in [0.2, 0.25) is 5.91 Å². The van der Waals surface area contributed by atoms with Gasteiger partial charge in [0.25, 0.3) is 0 Å². The van der Waals surface area contributed by atoms with Crippen molar-refractivity contribution in [3.63, 3.8) is 0 Å². The van der Waals surface area contributed by atoms with Crippen LogP contribution in [0.2, 0.25) is 0 Å². The molecule has 0 heterocycles. The maximum absolute atomic E-state index is 13.4. The second-order valence-corrected chi connectivity index (χ2v) is 14.5. The van der Waals surface area contributed by atoms with Gasteiger partial charge < -0.3 is 34.9 Å². The van der Waals surface area contributed by atoms with Crippen LogP contribution in [0.25, 0.3) is 11.1 Å². The van der Waals surface area contributed by atoms with Crippen molar-refractivity contribution in [1.29, 1.82) is 0 Å². The highest BCUT2D eigenvalue weighted by Crippen LogP contribution is 2.44. The number of ether oxygens (including phenoxy) is 4. The summed E-state index contributed by atoms with van der Waals surface area (Å²) in [4.78, 5) is 50.8. The minimum absolute atomic E-state index is 0.0583. The molecule has 0 aromatic heterocycles. The fourth-order valence-corrected chi connectivity index (χ4v) is 6.12. The Morgan fingerprint density at radius 1 is 0.717 bits per heavy atom. The van der Waals surface area contributed by atoms with E-state index in [2.05, 4.69) is 44.0 Å². The number of hydrogen-bond donors (Lipinski definition) is 3. The third-order valence-electron chi connectivity index (χ3n) is 8.36. The second kappa shape index (κ2) is 18.4. The Labute approximate surface area is 317 Å². The summed E-state index contributed by atoms with van der Waals surface area (Å²) in [6.07, 6.45) is -0.730. The summed E-state index contributed by atoms with van der Waals surface area (Å²) >= 11 is 3.37. The van der Waals surface area contributed by atoms with Crippen LogP contribution in [-0.2, 0) is 32.0 Å². The van der Waals surface area contributed by atoms with E-state index in [1.807, 2.05) is 60.7 Å². The van der Waals surface area contributed by atoms with Gasteiger partial charge in [-0.25, -0.2) is 14.4 Å². The Bertz CT molecular complexity index is 1830. The van der Waals surface area contributed by atoms with Gasteiger partial charge in [0.1, 0.15) is 30.6 Å². The predicted octanol–water partition coefficient (Wildman–Crippen LogP) is 8.04. The third kappa shape index (κ3) is 11.8. The van der Waals surface area contributed by atoms with Crippen molar-refractivity contribution in [2.75, 3.05) is 19.7 Å². The first-order valence-electron chi connectivity index (χ1n) is 17.5. The fourth-order valence-electron chi connectivity index (χ4n) is 5.86. The molecule has 1 aliphatic carbocycles. The molecule has 3 N–H and O–H groups in total. The topological polar surface area (TPSA) is 141 Å². The molecule has 0 unspecified atom stereocenters. The number of hydrogen-bond acceptors (Lipinski definition) is 8. The van der Waals surface area contributed by atoms with Crippen molar-refractivity contribution in [3.05, 3.63) is 124 Å². The number of fused-ring (bicyclic) bond motifs is 3. The maximum Gasteiger partial charge on any atom is 0.514 e. The van der Waals surface area contributed by atoms with E-state index in [4.69, 9.17) is 18.9 Å². The summed E-state index contributed by atoms with van der Waals surface area (Å²) in [5.74, 6) is -0.265. The van der Waals surface area contributed by atoms with Crippen LogP contribution in [0.3, 0.4) is 0 Å². The zero-order valence-corrected chi connectivity index (χ0v) is 31.6. The molecule has 0 saturated carbocycles. The van der Waals surface area contributed by atoms with Gasteiger partial charge in [-0.1, -0.05) is 88.7 Å². The molecule has 3 amide bonds. The van der Waals surface area contributed by atoms with Crippen LogP contribution in [0, 0.1) is 0 Å². The van der Waals surface area contributed by atoms with Gasteiger partial charge in [-0.15, -0.1) is 0 Å². The molecular formula is C41H44BrN3O8. The highest BCUT2D eigenvalue weighted by atomic mass is 79.9. The molecule has 12 heteroatoms. The number of alkyl carbamates (subject to hydrolysis) is 2. The summed E-state index contributed by atoms with van der Waals surface area (Å²) in [5.41, 5.74) is 5.31. The minimum Gasteiger partial charge on any atom is -0.449 e. The van der Waals surface area contributed by atoms with Gasteiger partial charge in [0.05, 0.1) is 0 Å². The number of amides is 3. The number of nitrogens with one attached hydrogen (secondary N) is 3. The molecule has 0 radical (unpaired) electrons. The lowest BCUT2D eigenvalue weighted by Gasteiger charge is -2.20. The van der Waals surface area contributed by atoms with Gasteiger partial charge in [-0.3, -0.25) is 4.79 Å². The van der Waals surface area contributed by atoms with E-state index in [1.54, 1.807) is 45.0 Å². The van der Waals surface area contributed by atoms with Crippen LogP contribution in [0.15, 0.2) is 102 Å². The van der Waals surface area contributed by atoms with Gasteiger partial charge in [0, 0.05) is 29.9 Å². The van der Waals surface area contributed by atoms with Crippen LogP contribution in [0.5, 0.6) is 5.75 Å². The van der Waals surface area contributed by atoms with Crippen LogP contribution in [0.1, 0.15) is 61.8 Å². The van der Waals surface area contributed by atoms with E-state index in [0.717, 1.165) is 32.3 Å². The maximum atomic E-state index is 13.4. The Kier molecular flexibility index (Phi) is 13.5. The van der Waals surface area contributed by atoms with Gasteiger partial charge in [-0.2, -0.15) is 0 Å². The summed E-state index contributed by atoms with van der Waals surface area (Å²) in [6.45, 7) is 6.25. The number of benzene rings is 4. The number of rotatable bonds is 14. The Morgan fingerprint density at radius 3 is 1.92 bits per heavy atom. The van der Waals surface area contributed by atoms with Crippen molar-refractivity contribution in [2.24, 2.45) is 0 Å². The zero-order valence-electron chi connectivity index (χ0n) is 30.0. The molecule has 1 aliphatic rings. The average Bonchev–Trinajstić information content (AvgIpc) is 3.45. The molecule has 53 heavy (non-hydrogen) atoms. The second-order valence-electron chi connectivity index (χ2n) is 13.6. The van der Waals surface area contributed by atoms with E-state index in [1.165, 1.54) is 0 Å². The standard InChI is InChI=1S/C41H44BrN3O8/c1-41(2,3)53-38(47)44-23-9-8-22-43-37(46)36(24-27-16-20-30(21-17-27)52-40(49)51-25-28-14-18-29(42)19-15-28)45-39(48)50-26-35-33-12-6-4-10-31(33)32-11-5-7-13-34(32)35/h4-7,10-21,35-36H,8-9,22-26H2,1-3H3,(H,43,46)(H,44,47)(H,45,48)/t36-/m0/s1. The monoisotopic (exact) mass is 785 g/mol. The van der Waals surface area contributed by atoms with Gasteiger partial charge in [-0.05, 0) is 91.3 Å². The normalized spacial score (nSPS) is 12.5. The molecule has 0 saturated heterocycles. The number of halogens is 1. The molecule has 5 rings (SSSR count). The van der Waals surface area contributed by atoms with E-state index in [9.17, 15) is 19.2 Å². The summed E-state index contributed by atoms with van der Waals surface area (Å²) in [7, 11) is 0. The molecular weight excluding hydrogens is 742 g/mol. The summed E-state index contributed by atoms with van der Waals surface area (Å²) in [6, 6.07) is 29.1. The lowest BCUT2D eigenvalue weighted by Crippen LogP contribution is -2.48. The highest BCUT2D eigenvalue weighted by molar-refractivity contribution is 9.10. The quantitative estimate of drug-likeness (QED) is 0.0505. The van der Waals surface area contributed by atoms with Crippen molar-refractivity contribution in [3.8, 4) is 16.9 Å². The van der Waals surface area contributed by atoms with Crippen LogP contribution in [-0.4, -0.2) is 55.6 Å². The van der Waals surface area contributed by atoms with Crippen molar-refractivity contribution in [1.82, 2.24) is 16.0 Å². The Balaban J connectivity index is 1.16. The first kappa shape index (κ1) is 38.9. The number of carbonyl (C=O) groups is 4. The van der Waals surface area contributed by atoms with Crippen molar-refractivity contribution < 1.29 is 38.1 Å². The zero-order chi connectivity index (χ0) is 37.8. The Morgan fingerprint density at radius 2 is 1.30 bits per heavy atom. The van der Waals surface area contributed by atoms with E-state index >= 15 is 0 Å². The molecule has 0 fully saturated rings. The minimum atomic E-state index is -0.965. The molecule has 4 aromatic rings. The molecule has 0 aliphatic heterocycles. The summed E-state index contributed by atoms with van der Waals surface area (Å²) in [5, 5.41) is 8.34. The predicted molar refractivity (Wildman–Crippen MR) is 204 cm³/mol. The highest BCUT2D eigenvalue weighted by Gasteiger charge is 2.30. The lowest BCUT2D eigenvalue weighted by atomic mass is 9.98. The Hall–Kier alpha value is -5.36. The number of unbranched alkanes of at least 4 members (excludes halogenated alkanes) is 1. The van der Waals surface area contributed by atoms with Crippen LogP contribution < -0.4 is 20.7 Å². The smallest absolute Gasteiger partial charge is 0.449 e.